The number of aromatic nitrogens is 2. The molecule has 1 saturated heterocycles. The Labute approximate surface area is 139 Å². The van der Waals surface area contributed by atoms with Crippen molar-refractivity contribution in [1.82, 2.24) is 14.9 Å². The number of benzene rings is 1. The van der Waals surface area contributed by atoms with Gasteiger partial charge in [-0.25, -0.2) is 9.78 Å². The first-order valence-electron chi connectivity index (χ1n) is 7.82. The van der Waals surface area contributed by atoms with Gasteiger partial charge in [0.2, 0.25) is 0 Å². The van der Waals surface area contributed by atoms with Crippen LogP contribution >= 0.6 is 0 Å². The fourth-order valence-corrected chi connectivity index (χ4v) is 2.50. The molecule has 7 heteroatoms. The zero-order valence-electron chi connectivity index (χ0n) is 13.2. The Kier molecular flexibility index (Phi) is 5.35. The zero-order chi connectivity index (χ0) is 16.8. The Balaban J connectivity index is 1.71. The number of rotatable bonds is 6. The third-order valence-corrected chi connectivity index (χ3v) is 3.79. The van der Waals surface area contributed by atoms with Gasteiger partial charge in [-0.1, -0.05) is 30.3 Å². The highest BCUT2D eigenvalue weighted by Crippen LogP contribution is 2.22. The minimum absolute atomic E-state index is 0.0572. The van der Waals surface area contributed by atoms with E-state index in [0.717, 1.165) is 38.4 Å². The molecule has 24 heavy (non-hydrogen) atoms. The predicted molar refractivity (Wildman–Crippen MR) is 87.2 cm³/mol. The normalized spacial score (nSPS) is 15.2. The van der Waals surface area contributed by atoms with E-state index in [2.05, 4.69) is 14.9 Å². The lowest BCUT2D eigenvalue weighted by Gasteiger charge is -2.26. The number of carboxylic acid groups (broad SMARTS) is 1. The first-order valence-corrected chi connectivity index (χ1v) is 7.82. The summed E-state index contributed by atoms with van der Waals surface area (Å²) in [5.41, 5.74) is 1.14. The van der Waals surface area contributed by atoms with Gasteiger partial charge in [-0.15, -0.1) is 0 Å². The molecule has 1 aliphatic rings. The van der Waals surface area contributed by atoms with E-state index in [-0.39, 0.29) is 11.6 Å². The molecule has 1 aromatic carbocycles. The Morgan fingerprint density at radius 2 is 2.00 bits per heavy atom. The second-order valence-electron chi connectivity index (χ2n) is 5.39. The van der Waals surface area contributed by atoms with E-state index in [1.165, 1.54) is 6.20 Å². The molecule has 1 N–H and O–H groups in total. The molecule has 7 nitrogen and oxygen atoms in total. The van der Waals surface area contributed by atoms with Crippen molar-refractivity contribution < 1.29 is 19.4 Å². The van der Waals surface area contributed by atoms with E-state index in [1.807, 2.05) is 30.3 Å². The molecule has 0 amide bonds. The van der Waals surface area contributed by atoms with Crippen LogP contribution in [0.25, 0.3) is 11.3 Å². The van der Waals surface area contributed by atoms with Gasteiger partial charge in [0.25, 0.3) is 0 Å². The quantitative estimate of drug-likeness (QED) is 0.860. The second-order valence-corrected chi connectivity index (χ2v) is 5.39. The summed E-state index contributed by atoms with van der Waals surface area (Å²) >= 11 is 0. The molecule has 0 aliphatic carbocycles. The standard InChI is InChI=1S/C17H19N3O4/c21-16(22)14-12-18-17(19-15(14)13-4-2-1-3-5-13)24-11-8-20-6-9-23-10-7-20/h1-5,12H,6-11H2,(H,21,22). The Bertz CT molecular complexity index is 687. The Hall–Kier alpha value is -2.51. The van der Waals surface area contributed by atoms with Crippen LogP contribution in [0.5, 0.6) is 6.01 Å². The summed E-state index contributed by atoms with van der Waals surface area (Å²) in [6, 6.07) is 9.35. The van der Waals surface area contributed by atoms with Gasteiger partial charge >= 0.3 is 12.0 Å². The highest BCUT2D eigenvalue weighted by Gasteiger charge is 2.16. The SMILES string of the molecule is O=C(O)c1cnc(OCCN2CCOCC2)nc1-c1ccccc1. The van der Waals surface area contributed by atoms with Crippen LogP contribution in [-0.4, -0.2) is 65.4 Å². The van der Waals surface area contributed by atoms with Crippen molar-refractivity contribution in [2.45, 2.75) is 0 Å². The molecule has 0 spiro atoms. The van der Waals surface area contributed by atoms with Gasteiger partial charge in [-0.3, -0.25) is 4.90 Å². The summed E-state index contributed by atoms with van der Waals surface area (Å²) in [4.78, 5) is 21.9. The van der Waals surface area contributed by atoms with Crippen molar-refractivity contribution in [3.05, 3.63) is 42.1 Å². The summed E-state index contributed by atoms with van der Waals surface area (Å²) in [5, 5.41) is 9.32. The number of ether oxygens (including phenoxy) is 2. The van der Waals surface area contributed by atoms with E-state index in [1.54, 1.807) is 0 Å². The van der Waals surface area contributed by atoms with Crippen LogP contribution < -0.4 is 4.74 Å². The smallest absolute Gasteiger partial charge is 0.339 e. The molecule has 0 unspecified atom stereocenters. The van der Waals surface area contributed by atoms with Gasteiger partial charge in [0, 0.05) is 31.4 Å². The van der Waals surface area contributed by atoms with Gasteiger partial charge < -0.3 is 14.6 Å². The van der Waals surface area contributed by atoms with Crippen LogP contribution in [0.1, 0.15) is 10.4 Å². The van der Waals surface area contributed by atoms with Crippen molar-refractivity contribution >= 4 is 5.97 Å². The van der Waals surface area contributed by atoms with Gasteiger partial charge in [-0.2, -0.15) is 4.98 Å². The van der Waals surface area contributed by atoms with Crippen LogP contribution in [0.15, 0.2) is 36.5 Å². The number of nitrogens with zero attached hydrogens (tertiary/aromatic N) is 3. The van der Waals surface area contributed by atoms with Crippen LogP contribution in [-0.2, 0) is 4.74 Å². The van der Waals surface area contributed by atoms with Crippen molar-refractivity contribution in [1.29, 1.82) is 0 Å². The molecule has 0 saturated carbocycles. The molecule has 1 aliphatic heterocycles. The maximum atomic E-state index is 11.4. The molecule has 1 fully saturated rings. The molecule has 0 radical (unpaired) electrons. The summed E-state index contributed by atoms with van der Waals surface area (Å²) in [6.45, 7) is 4.45. The fraction of sp³-hybridized carbons (Fsp3) is 0.353. The first-order chi connectivity index (χ1) is 11.7. The van der Waals surface area contributed by atoms with Gasteiger partial charge in [0.05, 0.1) is 18.9 Å². The lowest BCUT2D eigenvalue weighted by molar-refractivity contribution is 0.0317. The Morgan fingerprint density at radius 3 is 2.71 bits per heavy atom. The van der Waals surface area contributed by atoms with Crippen molar-refractivity contribution in [3.63, 3.8) is 0 Å². The van der Waals surface area contributed by atoms with Gasteiger partial charge in [0.1, 0.15) is 12.2 Å². The molecule has 1 aromatic heterocycles. The monoisotopic (exact) mass is 329 g/mol. The van der Waals surface area contributed by atoms with Crippen LogP contribution in [0, 0.1) is 0 Å². The average Bonchev–Trinajstić information content (AvgIpc) is 2.63. The summed E-state index contributed by atoms with van der Waals surface area (Å²) in [6.07, 6.45) is 1.29. The van der Waals surface area contributed by atoms with E-state index < -0.39 is 5.97 Å². The molecule has 0 bridgehead atoms. The predicted octanol–water partition coefficient (Wildman–Crippen LogP) is 1.55. The van der Waals surface area contributed by atoms with E-state index in [9.17, 15) is 9.90 Å². The molecular formula is C17H19N3O4. The van der Waals surface area contributed by atoms with Gasteiger partial charge in [-0.05, 0) is 0 Å². The van der Waals surface area contributed by atoms with Crippen LogP contribution in [0.3, 0.4) is 0 Å². The van der Waals surface area contributed by atoms with E-state index >= 15 is 0 Å². The van der Waals surface area contributed by atoms with E-state index in [4.69, 9.17) is 9.47 Å². The highest BCUT2D eigenvalue weighted by atomic mass is 16.5. The molecule has 2 aromatic rings. The molecular weight excluding hydrogens is 310 g/mol. The maximum Gasteiger partial charge on any atom is 0.339 e. The van der Waals surface area contributed by atoms with Crippen LogP contribution in [0.2, 0.25) is 0 Å². The number of carboxylic acids is 1. The van der Waals surface area contributed by atoms with Crippen molar-refractivity contribution in [2.75, 3.05) is 39.5 Å². The molecule has 0 atom stereocenters. The minimum atomic E-state index is -1.06. The summed E-state index contributed by atoms with van der Waals surface area (Å²) in [7, 11) is 0. The number of hydrogen-bond acceptors (Lipinski definition) is 6. The third kappa shape index (κ3) is 4.06. The third-order valence-electron chi connectivity index (χ3n) is 3.79. The topological polar surface area (TPSA) is 84.8 Å². The Morgan fingerprint density at radius 1 is 1.25 bits per heavy atom. The number of carbonyl (C=O) groups is 1. The summed E-state index contributed by atoms with van der Waals surface area (Å²) in [5.74, 6) is -1.06. The number of hydrogen-bond donors (Lipinski definition) is 1. The average molecular weight is 329 g/mol. The summed E-state index contributed by atoms with van der Waals surface area (Å²) < 4.78 is 10.9. The fourth-order valence-electron chi connectivity index (χ4n) is 2.50. The highest BCUT2D eigenvalue weighted by molar-refractivity contribution is 5.94. The number of morpholine rings is 1. The largest absolute Gasteiger partial charge is 0.478 e. The molecule has 3 rings (SSSR count). The van der Waals surface area contributed by atoms with Crippen molar-refractivity contribution in [3.8, 4) is 17.3 Å². The lowest BCUT2D eigenvalue weighted by Crippen LogP contribution is -2.38. The molecule has 126 valence electrons. The maximum absolute atomic E-state index is 11.4. The second kappa shape index (κ2) is 7.85. The lowest BCUT2D eigenvalue weighted by atomic mass is 10.1. The minimum Gasteiger partial charge on any atom is -0.478 e. The number of aromatic carboxylic acids is 1. The first kappa shape index (κ1) is 16.4. The zero-order valence-corrected chi connectivity index (χ0v) is 13.2. The van der Waals surface area contributed by atoms with Crippen molar-refractivity contribution in [2.24, 2.45) is 0 Å². The van der Waals surface area contributed by atoms with Gasteiger partial charge in [0.15, 0.2) is 0 Å². The molecule has 2 heterocycles. The van der Waals surface area contributed by atoms with Crippen LogP contribution in [0.4, 0.5) is 0 Å². The van der Waals surface area contributed by atoms with E-state index in [0.29, 0.717) is 12.3 Å².